The highest BCUT2D eigenvalue weighted by Crippen LogP contribution is 2.31. The van der Waals surface area contributed by atoms with Crippen molar-refractivity contribution in [2.45, 2.75) is 31.5 Å². The number of likely N-dealkylation sites (tertiary alicyclic amines) is 1. The molecule has 2 aromatic rings. The lowest BCUT2D eigenvalue weighted by Gasteiger charge is -2.42. The number of hydrogen-bond donors (Lipinski definition) is 2. The van der Waals surface area contributed by atoms with Gasteiger partial charge in [0.15, 0.2) is 0 Å². The second-order valence-electron chi connectivity index (χ2n) is 6.56. The minimum Gasteiger partial charge on any atom is -0.496 e. The van der Waals surface area contributed by atoms with Crippen LogP contribution in [0.15, 0.2) is 54.6 Å². The van der Waals surface area contributed by atoms with Crippen LogP contribution in [0, 0.1) is 0 Å². The molecule has 1 fully saturated rings. The first-order chi connectivity index (χ1) is 12.3. The second-order valence-corrected chi connectivity index (χ2v) is 6.56. The van der Waals surface area contributed by atoms with Crippen LogP contribution in [-0.4, -0.2) is 42.9 Å². The maximum Gasteiger partial charge on any atom is 0.123 e. The van der Waals surface area contributed by atoms with E-state index >= 15 is 0 Å². The molecular weight excluding hydrogens is 312 g/mol. The normalized spacial score (nSPS) is 21.2. The number of rotatable bonds is 7. The van der Waals surface area contributed by atoms with Gasteiger partial charge in [0, 0.05) is 24.7 Å². The van der Waals surface area contributed by atoms with E-state index in [0.29, 0.717) is 12.6 Å². The summed E-state index contributed by atoms with van der Waals surface area (Å²) in [5.74, 6) is 0.925. The van der Waals surface area contributed by atoms with Gasteiger partial charge in [0.2, 0.25) is 0 Å². The van der Waals surface area contributed by atoms with Crippen molar-refractivity contribution in [2.24, 2.45) is 0 Å². The molecule has 0 aliphatic carbocycles. The highest BCUT2D eigenvalue weighted by molar-refractivity contribution is 5.33. The molecule has 0 saturated carbocycles. The van der Waals surface area contributed by atoms with Crippen molar-refractivity contribution < 1.29 is 9.84 Å². The molecule has 0 bridgehead atoms. The largest absolute Gasteiger partial charge is 0.496 e. The van der Waals surface area contributed by atoms with Crippen LogP contribution < -0.4 is 10.1 Å². The number of methoxy groups -OCH3 is 1. The molecule has 1 aliphatic heterocycles. The summed E-state index contributed by atoms with van der Waals surface area (Å²) in [5, 5.41) is 13.2. The molecule has 1 saturated heterocycles. The van der Waals surface area contributed by atoms with Crippen LogP contribution in [0.4, 0.5) is 0 Å². The van der Waals surface area contributed by atoms with Gasteiger partial charge in [-0.15, -0.1) is 0 Å². The number of nitrogens with one attached hydrogen (secondary N) is 1. The van der Waals surface area contributed by atoms with E-state index in [0.717, 1.165) is 31.7 Å². The Kier molecular flexibility index (Phi) is 6.45. The fourth-order valence-corrected chi connectivity index (χ4v) is 3.84. The molecule has 3 rings (SSSR count). The molecule has 0 amide bonds. The van der Waals surface area contributed by atoms with E-state index in [1.54, 1.807) is 7.11 Å². The predicted molar refractivity (Wildman–Crippen MR) is 101 cm³/mol. The molecule has 1 aliphatic rings. The molecular formula is C21H28N2O2. The van der Waals surface area contributed by atoms with Crippen LogP contribution >= 0.6 is 0 Å². The van der Waals surface area contributed by atoms with Crippen molar-refractivity contribution in [1.82, 2.24) is 10.2 Å². The average Bonchev–Trinajstić information content (AvgIpc) is 2.67. The number of benzene rings is 2. The zero-order chi connectivity index (χ0) is 17.5. The van der Waals surface area contributed by atoms with E-state index in [1.807, 2.05) is 18.2 Å². The zero-order valence-corrected chi connectivity index (χ0v) is 14.9. The standard InChI is InChI=1S/C21H28N2O2/c1-25-20-12-6-5-10-18(20)16-22-19-11-7-13-23(14-15-24)21(19)17-8-3-2-4-9-17/h2-6,8-10,12,19,21-22,24H,7,11,13-16H2,1H3/t19-,21-/m1/s1. The Bertz CT molecular complexity index is 645. The summed E-state index contributed by atoms with van der Waals surface area (Å²) in [4.78, 5) is 2.40. The Morgan fingerprint density at radius 1 is 1.12 bits per heavy atom. The van der Waals surface area contributed by atoms with Gasteiger partial charge < -0.3 is 15.2 Å². The second kappa shape index (κ2) is 8.99. The summed E-state index contributed by atoms with van der Waals surface area (Å²) in [7, 11) is 1.72. The molecule has 0 aromatic heterocycles. The Morgan fingerprint density at radius 3 is 2.64 bits per heavy atom. The van der Waals surface area contributed by atoms with Gasteiger partial charge in [-0.05, 0) is 31.0 Å². The van der Waals surface area contributed by atoms with Crippen LogP contribution in [0.5, 0.6) is 5.75 Å². The van der Waals surface area contributed by atoms with Gasteiger partial charge in [0.25, 0.3) is 0 Å². The minimum atomic E-state index is 0.197. The van der Waals surface area contributed by atoms with Gasteiger partial charge in [0.05, 0.1) is 19.8 Å². The summed E-state index contributed by atoms with van der Waals surface area (Å²) in [6, 6.07) is 19.4. The summed E-state index contributed by atoms with van der Waals surface area (Å²) >= 11 is 0. The van der Waals surface area contributed by atoms with Gasteiger partial charge in [-0.3, -0.25) is 4.90 Å². The number of β-amino-alcohol motifs (C(OH)–C–C–N with tert-alkyl or cyclic N) is 1. The Hall–Kier alpha value is -1.88. The SMILES string of the molecule is COc1ccccc1CN[C@@H]1CCCN(CCO)[C@@H]1c1ccccc1. The van der Waals surface area contributed by atoms with Gasteiger partial charge in [-0.2, -0.15) is 0 Å². The van der Waals surface area contributed by atoms with Crippen LogP contribution in [0.3, 0.4) is 0 Å². The van der Waals surface area contributed by atoms with Crippen molar-refractivity contribution in [1.29, 1.82) is 0 Å². The Balaban J connectivity index is 1.77. The van der Waals surface area contributed by atoms with Crippen LogP contribution in [0.2, 0.25) is 0 Å². The summed E-state index contributed by atoms with van der Waals surface area (Å²) < 4.78 is 5.47. The third-order valence-corrected chi connectivity index (χ3v) is 5.01. The first-order valence-corrected chi connectivity index (χ1v) is 9.08. The number of aliphatic hydroxyl groups excluding tert-OH is 1. The topological polar surface area (TPSA) is 44.7 Å². The van der Waals surface area contributed by atoms with E-state index in [9.17, 15) is 5.11 Å². The highest BCUT2D eigenvalue weighted by Gasteiger charge is 2.32. The molecule has 4 nitrogen and oxygen atoms in total. The maximum atomic E-state index is 9.47. The molecule has 2 aromatic carbocycles. The summed E-state index contributed by atoms with van der Waals surface area (Å²) in [6.45, 7) is 2.73. The number of aliphatic hydroxyl groups is 1. The number of hydrogen-bond acceptors (Lipinski definition) is 4. The van der Waals surface area contributed by atoms with Crippen molar-refractivity contribution >= 4 is 0 Å². The van der Waals surface area contributed by atoms with Gasteiger partial charge in [0.1, 0.15) is 5.75 Å². The van der Waals surface area contributed by atoms with Crippen LogP contribution in [0.25, 0.3) is 0 Å². The molecule has 0 unspecified atom stereocenters. The van der Waals surface area contributed by atoms with Gasteiger partial charge in [-0.1, -0.05) is 48.5 Å². The first-order valence-electron chi connectivity index (χ1n) is 9.08. The number of nitrogens with zero attached hydrogens (tertiary/aromatic N) is 1. The van der Waals surface area contributed by atoms with Crippen molar-refractivity contribution in [2.75, 3.05) is 26.8 Å². The summed E-state index contributed by atoms with van der Waals surface area (Å²) in [6.07, 6.45) is 2.28. The van der Waals surface area contributed by atoms with E-state index in [4.69, 9.17) is 4.74 Å². The minimum absolute atomic E-state index is 0.197. The molecule has 134 valence electrons. The molecule has 1 heterocycles. The smallest absolute Gasteiger partial charge is 0.123 e. The molecule has 2 atom stereocenters. The molecule has 4 heteroatoms. The third-order valence-electron chi connectivity index (χ3n) is 5.01. The molecule has 25 heavy (non-hydrogen) atoms. The lowest BCUT2D eigenvalue weighted by atomic mass is 9.90. The van der Waals surface area contributed by atoms with E-state index in [-0.39, 0.29) is 12.6 Å². The molecule has 2 N–H and O–H groups in total. The Morgan fingerprint density at radius 2 is 1.88 bits per heavy atom. The van der Waals surface area contributed by atoms with Crippen LogP contribution in [0.1, 0.15) is 30.0 Å². The van der Waals surface area contributed by atoms with Crippen LogP contribution in [-0.2, 0) is 6.54 Å². The fourth-order valence-electron chi connectivity index (χ4n) is 3.84. The average molecular weight is 340 g/mol. The van der Waals surface area contributed by atoms with Gasteiger partial charge in [-0.25, -0.2) is 0 Å². The van der Waals surface area contributed by atoms with E-state index in [2.05, 4.69) is 46.6 Å². The zero-order valence-electron chi connectivity index (χ0n) is 14.9. The van der Waals surface area contributed by atoms with Crippen molar-refractivity contribution in [3.05, 3.63) is 65.7 Å². The lowest BCUT2D eigenvalue weighted by Crippen LogP contribution is -2.48. The van der Waals surface area contributed by atoms with Gasteiger partial charge >= 0.3 is 0 Å². The van der Waals surface area contributed by atoms with E-state index < -0.39 is 0 Å². The Labute approximate surface area is 150 Å². The monoisotopic (exact) mass is 340 g/mol. The summed E-state index contributed by atoms with van der Waals surface area (Å²) in [5.41, 5.74) is 2.49. The van der Waals surface area contributed by atoms with Crippen molar-refractivity contribution in [3.8, 4) is 5.75 Å². The first kappa shape index (κ1) is 17.9. The third kappa shape index (κ3) is 4.40. The number of ether oxygens (including phenoxy) is 1. The molecule has 0 radical (unpaired) electrons. The number of para-hydroxylation sites is 1. The highest BCUT2D eigenvalue weighted by atomic mass is 16.5. The number of piperidine rings is 1. The molecule has 0 spiro atoms. The quantitative estimate of drug-likeness (QED) is 0.813. The van der Waals surface area contributed by atoms with Crippen molar-refractivity contribution in [3.63, 3.8) is 0 Å². The maximum absolute atomic E-state index is 9.47. The van der Waals surface area contributed by atoms with E-state index in [1.165, 1.54) is 11.1 Å². The lowest BCUT2D eigenvalue weighted by molar-refractivity contribution is 0.0884. The predicted octanol–water partition coefficient (Wildman–Crippen LogP) is 2.98. The fraction of sp³-hybridized carbons (Fsp3) is 0.429.